The lowest BCUT2D eigenvalue weighted by molar-refractivity contribution is -0.0736. The summed E-state index contributed by atoms with van der Waals surface area (Å²) >= 11 is 0. The van der Waals surface area contributed by atoms with Crippen molar-refractivity contribution >= 4 is 0 Å². The summed E-state index contributed by atoms with van der Waals surface area (Å²) < 4.78 is 0. The molecule has 1 aliphatic rings. The Labute approximate surface area is 106 Å². The Hall–Kier alpha value is -0.0800. The highest BCUT2D eigenvalue weighted by Crippen LogP contribution is 2.34. The standard InChI is InChI=1S/C15H30O2/c1-2-3-4-5-6-7-8-11-14(16)15(17)12-9-10-13-15/h14,16-17H,2-13H2,1H3. The second kappa shape index (κ2) is 8.10. The number of unbranched alkanes of at least 4 members (excludes halogenated alkanes) is 6. The van der Waals surface area contributed by atoms with E-state index in [9.17, 15) is 10.2 Å². The summed E-state index contributed by atoms with van der Waals surface area (Å²) in [6, 6.07) is 0. The van der Waals surface area contributed by atoms with Crippen molar-refractivity contribution in [3.8, 4) is 0 Å². The third-order valence-corrected chi connectivity index (χ3v) is 4.17. The highest BCUT2D eigenvalue weighted by molar-refractivity contribution is 4.90. The topological polar surface area (TPSA) is 40.5 Å². The highest BCUT2D eigenvalue weighted by atomic mass is 16.3. The molecule has 1 unspecified atom stereocenters. The van der Waals surface area contributed by atoms with E-state index in [-0.39, 0.29) is 0 Å². The molecule has 1 aliphatic carbocycles. The van der Waals surface area contributed by atoms with Crippen molar-refractivity contribution in [1.29, 1.82) is 0 Å². The minimum atomic E-state index is -0.748. The molecule has 0 radical (unpaired) electrons. The SMILES string of the molecule is CCCCCCCCCC(O)C1(O)CCCC1. The van der Waals surface area contributed by atoms with Crippen LogP contribution < -0.4 is 0 Å². The van der Waals surface area contributed by atoms with Gasteiger partial charge in [-0.1, -0.05) is 64.7 Å². The van der Waals surface area contributed by atoms with E-state index in [0.717, 1.165) is 38.5 Å². The second-order valence-electron chi connectivity index (χ2n) is 5.74. The summed E-state index contributed by atoms with van der Waals surface area (Å²) in [5.41, 5.74) is -0.748. The van der Waals surface area contributed by atoms with E-state index in [4.69, 9.17) is 0 Å². The molecule has 102 valence electrons. The van der Waals surface area contributed by atoms with Crippen LogP contribution in [0.3, 0.4) is 0 Å². The average molecular weight is 242 g/mol. The van der Waals surface area contributed by atoms with Crippen molar-refractivity contribution in [3.05, 3.63) is 0 Å². The van der Waals surface area contributed by atoms with Gasteiger partial charge in [0, 0.05) is 0 Å². The van der Waals surface area contributed by atoms with Crippen molar-refractivity contribution < 1.29 is 10.2 Å². The molecule has 0 heterocycles. The van der Waals surface area contributed by atoms with Gasteiger partial charge in [0.15, 0.2) is 0 Å². The molecular formula is C15H30O2. The maximum Gasteiger partial charge on any atom is 0.0905 e. The third-order valence-electron chi connectivity index (χ3n) is 4.17. The van der Waals surface area contributed by atoms with E-state index in [0.29, 0.717) is 0 Å². The number of hydrogen-bond donors (Lipinski definition) is 2. The van der Waals surface area contributed by atoms with Crippen molar-refractivity contribution in [1.82, 2.24) is 0 Å². The van der Waals surface area contributed by atoms with E-state index in [2.05, 4.69) is 6.92 Å². The molecule has 2 heteroatoms. The minimum Gasteiger partial charge on any atom is -0.390 e. The summed E-state index contributed by atoms with van der Waals surface area (Å²) in [4.78, 5) is 0. The van der Waals surface area contributed by atoms with Gasteiger partial charge in [0.05, 0.1) is 11.7 Å². The lowest BCUT2D eigenvalue weighted by atomic mass is 9.91. The molecule has 0 amide bonds. The largest absolute Gasteiger partial charge is 0.390 e. The van der Waals surface area contributed by atoms with Gasteiger partial charge in [-0.05, 0) is 19.3 Å². The van der Waals surface area contributed by atoms with Crippen LogP contribution in [-0.4, -0.2) is 21.9 Å². The number of aliphatic hydroxyl groups excluding tert-OH is 1. The smallest absolute Gasteiger partial charge is 0.0905 e. The van der Waals surface area contributed by atoms with Crippen molar-refractivity contribution in [2.45, 2.75) is 95.7 Å². The molecule has 1 fully saturated rings. The van der Waals surface area contributed by atoms with Gasteiger partial charge >= 0.3 is 0 Å². The van der Waals surface area contributed by atoms with Crippen LogP contribution in [0.2, 0.25) is 0 Å². The first-order valence-corrected chi connectivity index (χ1v) is 7.59. The molecule has 1 saturated carbocycles. The van der Waals surface area contributed by atoms with Gasteiger partial charge in [0.2, 0.25) is 0 Å². The molecule has 0 aliphatic heterocycles. The van der Waals surface area contributed by atoms with Crippen molar-refractivity contribution in [2.75, 3.05) is 0 Å². The zero-order valence-corrected chi connectivity index (χ0v) is 11.5. The summed E-state index contributed by atoms with van der Waals surface area (Å²) in [6.45, 7) is 2.23. The first-order valence-electron chi connectivity index (χ1n) is 7.59. The fourth-order valence-electron chi connectivity index (χ4n) is 2.88. The molecule has 1 rings (SSSR count). The van der Waals surface area contributed by atoms with Crippen LogP contribution in [0.5, 0.6) is 0 Å². The van der Waals surface area contributed by atoms with Crippen LogP contribution in [0.4, 0.5) is 0 Å². The van der Waals surface area contributed by atoms with Crippen LogP contribution in [0, 0.1) is 0 Å². The van der Waals surface area contributed by atoms with Gasteiger partial charge in [-0.2, -0.15) is 0 Å². The second-order valence-corrected chi connectivity index (χ2v) is 5.74. The van der Waals surface area contributed by atoms with Crippen LogP contribution >= 0.6 is 0 Å². The molecule has 0 bridgehead atoms. The normalized spacial score (nSPS) is 20.6. The minimum absolute atomic E-state index is 0.486. The van der Waals surface area contributed by atoms with Crippen LogP contribution in [-0.2, 0) is 0 Å². The molecule has 0 aromatic heterocycles. The lowest BCUT2D eigenvalue weighted by Crippen LogP contribution is -2.39. The molecule has 0 aromatic rings. The monoisotopic (exact) mass is 242 g/mol. The van der Waals surface area contributed by atoms with Crippen molar-refractivity contribution in [3.63, 3.8) is 0 Å². The van der Waals surface area contributed by atoms with Gasteiger partial charge in [-0.25, -0.2) is 0 Å². The van der Waals surface area contributed by atoms with E-state index >= 15 is 0 Å². The Morgan fingerprint density at radius 2 is 1.47 bits per heavy atom. The maximum atomic E-state index is 10.2. The zero-order valence-electron chi connectivity index (χ0n) is 11.5. The molecular weight excluding hydrogens is 212 g/mol. The van der Waals surface area contributed by atoms with Gasteiger partial charge in [0.25, 0.3) is 0 Å². The summed E-state index contributed by atoms with van der Waals surface area (Å²) in [5.74, 6) is 0. The van der Waals surface area contributed by atoms with Gasteiger partial charge in [0.1, 0.15) is 0 Å². The molecule has 0 saturated heterocycles. The van der Waals surface area contributed by atoms with E-state index in [1.54, 1.807) is 0 Å². The average Bonchev–Trinajstić information content (AvgIpc) is 2.76. The zero-order chi connectivity index (χ0) is 12.6. The predicted molar refractivity (Wildman–Crippen MR) is 72.0 cm³/mol. The molecule has 0 spiro atoms. The maximum absolute atomic E-state index is 10.2. The predicted octanol–water partition coefficient (Wildman–Crippen LogP) is 3.79. The van der Waals surface area contributed by atoms with Gasteiger partial charge in [-0.3, -0.25) is 0 Å². The number of hydrogen-bond acceptors (Lipinski definition) is 2. The quantitative estimate of drug-likeness (QED) is 0.604. The molecule has 17 heavy (non-hydrogen) atoms. The van der Waals surface area contributed by atoms with E-state index < -0.39 is 11.7 Å². The first-order chi connectivity index (χ1) is 8.19. The van der Waals surface area contributed by atoms with Crippen LogP contribution in [0.25, 0.3) is 0 Å². The van der Waals surface area contributed by atoms with Crippen molar-refractivity contribution in [2.24, 2.45) is 0 Å². The molecule has 1 atom stereocenters. The Balaban J connectivity index is 1.98. The third kappa shape index (κ3) is 5.39. The first kappa shape index (κ1) is 15.0. The van der Waals surface area contributed by atoms with Crippen LogP contribution in [0.15, 0.2) is 0 Å². The Morgan fingerprint density at radius 3 is 2.06 bits per heavy atom. The fourth-order valence-corrected chi connectivity index (χ4v) is 2.88. The summed E-state index contributed by atoms with van der Waals surface area (Å²) in [6.07, 6.45) is 12.9. The van der Waals surface area contributed by atoms with Crippen LogP contribution in [0.1, 0.15) is 84.0 Å². The van der Waals surface area contributed by atoms with Gasteiger partial charge < -0.3 is 10.2 Å². The van der Waals surface area contributed by atoms with E-state index in [1.165, 1.54) is 38.5 Å². The summed E-state index contributed by atoms with van der Waals surface area (Å²) in [5, 5.41) is 20.2. The summed E-state index contributed by atoms with van der Waals surface area (Å²) in [7, 11) is 0. The molecule has 0 aromatic carbocycles. The Kier molecular flexibility index (Phi) is 7.14. The Bertz CT molecular complexity index is 185. The van der Waals surface area contributed by atoms with E-state index in [1.807, 2.05) is 0 Å². The molecule has 2 nitrogen and oxygen atoms in total. The Morgan fingerprint density at radius 1 is 0.941 bits per heavy atom. The van der Waals surface area contributed by atoms with Gasteiger partial charge in [-0.15, -0.1) is 0 Å². The number of rotatable bonds is 9. The fraction of sp³-hybridized carbons (Fsp3) is 1.00. The number of aliphatic hydroxyl groups is 2. The highest BCUT2D eigenvalue weighted by Gasteiger charge is 2.37. The lowest BCUT2D eigenvalue weighted by Gasteiger charge is -2.28. The molecule has 2 N–H and O–H groups in total.